The number of aromatic nitrogens is 4. The minimum atomic E-state index is -0.222. The molecule has 3 rings (SSSR count). The summed E-state index contributed by atoms with van der Waals surface area (Å²) in [6, 6.07) is 9.39. The van der Waals surface area contributed by atoms with Crippen LogP contribution >= 0.6 is 0 Å². The van der Waals surface area contributed by atoms with E-state index in [1.807, 2.05) is 37.8 Å². The van der Waals surface area contributed by atoms with Crippen molar-refractivity contribution in [3.8, 4) is 12.0 Å². The van der Waals surface area contributed by atoms with Gasteiger partial charge in [-0.1, -0.05) is 0 Å². The zero-order chi connectivity index (χ0) is 20.8. The molecular weight excluding hydrogens is 370 g/mol. The summed E-state index contributed by atoms with van der Waals surface area (Å²) >= 11 is 0. The minimum absolute atomic E-state index is 0.111. The molecule has 150 valence electrons. The highest BCUT2D eigenvalue weighted by atomic mass is 16.3. The van der Waals surface area contributed by atoms with Gasteiger partial charge in [0.2, 0.25) is 5.91 Å². The highest BCUT2D eigenvalue weighted by Crippen LogP contribution is 2.15. The maximum atomic E-state index is 12.7. The van der Waals surface area contributed by atoms with Crippen LogP contribution in [0.1, 0.15) is 29.3 Å². The lowest BCUT2D eigenvalue weighted by atomic mass is 10.3. The van der Waals surface area contributed by atoms with Gasteiger partial charge in [-0.3, -0.25) is 9.69 Å². The molecule has 0 radical (unpaired) electrons. The third-order valence-electron chi connectivity index (χ3n) is 4.13. The summed E-state index contributed by atoms with van der Waals surface area (Å²) in [5.41, 5.74) is 2.37. The van der Waals surface area contributed by atoms with Gasteiger partial charge in [0.15, 0.2) is 0 Å². The number of nitriles is 1. The smallest absolute Gasteiger partial charge is 0.252 e. The summed E-state index contributed by atoms with van der Waals surface area (Å²) in [5.74, 6) is 1.42. The lowest BCUT2D eigenvalue weighted by Gasteiger charge is -2.19. The van der Waals surface area contributed by atoms with E-state index in [4.69, 9.17) is 9.68 Å². The van der Waals surface area contributed by atoms with Crippen molar-refractivity contribution in [1.29, 1.82) is 5.26 Å². The van der Waals surface area contributed by atoms with E-state index in [9.17, 15) is 4.79 Å². The first-order valence-electron chi connectivity index (χ1n) is 9.25. The van der Waals surface area contributed by atoms with Crippen LogP contribution in [0.4, 0.5) is 5.82 Å². The minimum Gasteiger partial charge on any atom is -0.468 e. The highest BCUT2D eigenvalue weighted by molar-refractivity contribution is 5.91. The summed E-state index contributed by atoms with van der Waals surface area (Å²) in [7, 11) is 0. The number of amides is 1. The van der Waals surface area contributed by atoms with E-state index in [-0.39, 0.29) is 12.5 Å². The van der Waals surface area contributed by atoms with Crippen molar-refractivity contribution in [3.05, 3.63) is 53.4 Å². The van der Waals surface area contributed by atoms with E-state index < -0.39 is 0 Å². The molecule has 3 heterocycles. The summed E-state index contributed by atoms with van der Waals surface area (Å²) in [5, 5.41) is 16.2. The Labute approximate surface area is 169 Å². The van der Waals surface area contributed by atoms with Gasteiger partial charge in [-0.2, -0.15) is 15.0 Å². The van der Waals surface area contributed by atoms with Gasteiger partial charge in [-0.05, 0) is 39.0 Å². The van der Waals surface area contributed by atoms with Crippen molar-refractivity contribution in [2.45, 2.75) is 33.7 Å². The molecule has 0 fully saturated rings. The van der Waals surface area contributed by atoms with Gasteiger partial charge < -0.3 is 9.73 Å². The quantitative estimate of drug-likeness (QED) is 0.625. The summed E-state index contributed by atoms with van der Waals surface area (Å²) in [6.07, 6.45) is 1.91. The fourth-order valence-electron chi connectivity index (χ4n) is 2.97. The van der Waals surface area contributed by atoms with Gasteiger partial charge in [-0.25, -0.2) is 9.97 Å². The second-order valence-electron chi connectivity index (χ2n) is 6.78. The molecule has 0 aliphatic heterocycles. The first-order chi connectivity index (χ1) is 13.9. The number of aryl methyl sites for hydroxylation is 3. The maximum absolute atomic E-state index is 12.7. The molecule has 1 amide bonds. The second-order valence-corrected chi connectivity index (χ2v) is 6.78. The van der Waals surface area contributed by atoms with E-state index in [1.165, 1.54) is 4.68 Å². The fraction of sp³-hybridized carbons (Fsp3) is 0.350. The van der Waals surface area contributed by atoms with E-state index >= 15 is 0 Å². The largest absolute Gasteiger partial charge is 0.468 e. The van der Waals surface area contributed by atoms with Gasteiger partial charge in [0, 0.05) is 30.4 Å². The van der Waals surface area contributed by atoms with Crippen molar-refractivity contribution in [3.63, 3.8) is 0 Å². The van der Waals surface area contributed by atoms with Gasteiger partial charge in [0.25, 0.3) is 5.95 Å². The van der Waals surface area contributed by atoms with Crippen LogP contribution in [0.5, 0.6) is 0 Å². The molecule has 0 aliphatic rings. The standard InChI is InChI=1S/C20H23N7O2/c1-14-10-15(2)23-20(22-14)27-18(11-16(3)25-27)24-19(28)13-26(8-5-7-21)12-17-6-4-9-29-17/h4,6,9-11H,5,8,12-13H2,1-3H3,(H,24,28). The number of anilines is 1. The number of carbonyl (C=O) groups is 1. The normalized spacial score (nSPS) is 10.9. The number of rotatable bonds is 8. The van der Waals surface area contributed by atoms with Crippen LogP contribution in [0.3, 0.4) is 0 Å². The number of furan rings is 1. The van der Waals surface area contributed by atoms with Crippen molar-refractivity contribution in [2.24, 2.45) is 0 Å². The number of carbonyl (C=O) groups excluding carboxylic acids is 1. The lowest BCUT2D eigenvalue weighted by Crippen LogP contribution is -2.34. The first-order valence-corrected chi connectivity index (χ1v) is 9.25. The van der Waals surface area contributed by atoms with Crippen molar-refractivity contribution < 1.29 is 9.21 Å². The molecule has 9 nitrogen and oxygen atoms in total. The Balaban J connectivity index is 1.75. The van der Waals surface area contributed by atoms with Crippen molar-refractivity contribution in [2.75, 3.05) is 18.4 Å². The number of hydrogen-bond acceptors (Lipinski definition) is 7. The topological polar surface area (TPSA) is 113 Å². The molecule has 0 saturated heterocycles. The van der Waals surface area contributed by atoms with Crippen LogP contribution in [0.2, 0.25) is 0 Å². The molecule has 0 aliphatic carbocycles. The van der Waals surface area contributed by atoms with Crippen LogP contribution in [-0.2, 0) is 11.3 Å². The molecule has 0 unspecified atom stereocenters. The maximum Gasteiger partial charge on any atom is 0.252 e. The molecule has 0 saturated carbocycles. The van der Waals surface area contributed by atoms with Crippen LogP contribution < -0.4 is 5.32 Å². The zero-order valence-electron chi connectivity index (χ0n) is 16.7. The predicted octanol–water partition coefficient (Wildman–Crippen LogP) is 2.53. The Morgan fingerprint density at radius 3 is 2.66 bits per heavy atom. The zero-order valence-corrected chi connectivity index (χ0v) is 16.7. The SMILES string of the molecule is Cc1cc(C)nc(-n2nc(C)cc2NC(=O)CN(CCC#N)Cc2ccco2)n1. The Bertz CT molecular complexity index is 998. The second kappa shape index (κ2) is 9.12. The van der Waals surface area contributed by atoms with Crippen LogP contribution in [-0.4, -0.2) is 43.6 Å². The van der Waals surface area contributed by atoms with Crippen LogP contribution in [0.15, 0.2) is 34.9 Å². The Morgan fingerprint density at radius 2 is 2.00 bits per heavy atom. The fourth-order valence-corrected chi connectivity index (χ4v) is 2.97. The Morgan fingerprint density at radius 1 is 1.24 bits per heavy atom. The van der Waals surface area contributed by atoms with Gasteiger partial charge >= 0.3 is 0 Å². The molecule has 0 atom stereocenters. The number of nitrogens with zero attached hydrogens (tertiary/aromatic N) is 6. The average Bonchev–Trinajstić information content (AvgIpc) is 3.28. The monoisotopic (exact) mass is 393 g/mol. The van der Waals surface area contributed by atoms with E-state index in [0.717, 1.165) is 22.8 Å². The molecular formula is C20H23N7O2. The van der Waals surface area contributed by atoms with Crippen LogP contribution in [0, 0.1) is 32.1 Å². The van der Waals surface area contributed by atoms with Crippen molar-refractivity contribution in [1.82, 2.24) is 24.6 Å². The van der Waals surface area contributed by atoms with Gasteiger partial charge in [0.1, 0.15) is 11.6 Å². The first kappa shape index (κ1) is 20.2. The third-order valence-corrected chi connectivity index (χ3v) is 4.13. The molecule has 3 aromatic rings. The van der Waals surface area contributed by atoms with Gasteiger partial charge in [-0.15, -0.1) is 0 Å². The molecule has 0 aromatic carbocycles. The third kappa shape index (κ3) is 5.49. The molecule has 3 aromatic heterocycles. The number of nitrogens with one attached hydrogen (secondary N) is 1. The van der Waals surface area contributed by atoms with Gasteiger partial charge in [0.05, 0.1) is 31.1 Å². The molecule has 9 heteroatoms. The van der Waals surface area contributed by atoms with E-state index in [1.54, 1.807) is 18.4 Å². The summed E-state index contributed by atoms with van der Waals surface area (Å²) in [6.45, 7) is 6.62. The molecule has 1 N–H and O–H groups in total. The van der Waals surface area contributed by atoms with Crippen molar-refractivity contribution >= 4 is 11.7 Å². The summed E-state index contributed by atoms with van der Waals surface area (Å²) < 4.78 is 6.89. The number of hydrogen-bond donors (Lipinski definition) is 1. The lowest BCUT2D eigenvalue weighted by molar-refractivity contribution is -0.117. The Hall–Kier alpha value is -3.51. The van der Waals surface area contributed by atoms with Crippen LogP contribution in [0.25, 0.3) is 5.95 Å². The highest BCUT2D eigenvalue weighted by Gasteiger charge is 2.17. The molecule has 29 heavy (non-hydrogen) atoms. The van der Waals surface area contributed by atoms with E-state index in [0.29, 0.717) is 31.3 Å². The molecule has 0 spiro atoms. The Kier molecular flexibility index (Phi) is 6.36. The summed E-state index contributed by atoms with van der Waals surface area (Å²) in [4.78, 5) is 23.4. The predicted molar refractivity (Wildman–Crippen MR) is 106 cm³/mol. The van der Waals surface area contributed by atoms with E-state index in [2.05, 4.69) is 26.5 Å². The average molecular weight is 393 g/mol. The molecule has 0 bridgehead atoms.